The minimum absolute atomic E-state index is 0.0367. The van der Waals surface area contributed by atoms with Crippen molar-refractivity contribution < 1.29 is 14.3 Å². The molecule has 1 aliphatic heterocycles. The summed E-state index contributed by atoms with van der Waals surface area (Å²) in [6.07, 6.45) is 0.396. The van der Waals surface area contributed by atoms with Crippen molar-refractivity contribution in [3.63, 3.8) is 0 Å². The molecular weight excluding hydrogens is 250 g/mol. The van der Waals surface area contributed by atoms with Crippen LogP contribution in [0.1, 0.15) is 6.42 Å². The van der Waals surface area contributed by atoms with Crippen molar-refractivity contribution in [3.05, 3.63) is 6.07 Å². The first kappa shape index (κ1) is 13.2. The summed E-state index contributed by atoms with van der Waals surface area (Å²) in [4.78, 5) is 21.3. The zero-order chi connectivity index (χ0) is 13.8. The molecule has 0 spiro atoms. The molecule has 0 bridgehead atoms. The molecule has 1 amide bonds. The molecule has 1 aromatic rings. The van der Waals surface area contributed by atoms with Crippen LogP contribution in [0.3, 0.4) is 0 Å². The summed E-state index contributed by atoms with van der Waals surface area (Å²) in [5, 5.41) is 2.76. The van der Waals surface area contributed by atoms with Gasteiger partial charge < -0.3 is 25.4 Å². The van der Waals surface area contributed by atoms with Crippen molar-refractivity contribution in [2.75, 3.05) is 37.9 Å². The van der Waals surface area contributed by atoms with Crippen molar-refractivity contribution in [1.29, 1.82) is 0 Å². The summed E-state index contributed by atoms with van der Waals surface area (Å²) in [6, 6.07) is 1.76. The first-order valence-electron chi connectivity index (χ1n) is 5.90. The molecule has 8 heteroatoms. The third-order valence-corrected chi connectivity index (χ3v) is 2.94. The van der Waals surface area contributed by atoms with Crippen molar-refractivity contribution in [2.24, 2.45) is 0 Å². The molecule has 1 aliphatic rings. The van der Waals surface area contributed by atoms with Gasteiger partial charge in [-0.25, -0.2) is 4.79 Å². The maximum Gasteiger partial charge on any atom is 0.407 e. The molecule has 19 heavy (non-hydrogen) atoms. The van der Waals surface area contributed by atoms with Gasteiger partial charge in [0.2, 0.25) is 11.8 Å². The number of methoxy groups -OCH3 is 2. The average molecular weight is 267 g/mol. The Morgan fingerprint density at radius 1 is 1.53 bits per heavy atom. The van der Waals surface area contributed by atoms with Crippen LogP contribution in [0.2, 0.25) is 0 Å². The van der Waals surface area contributed by atoms with Crippen LogP contribution < -0.4 is 20.7 Å². The highest BCUT2D eigenvalue weighted by atomic mass is 16.5. The molecule has 104 valence electrons. The second-order valence-corrected chi connectivity index (χ2v) is 4.19. The van der Waals surface area contributed by atoms with E-state index in [0.29, 0.717) is 18.2 Å². The zero-order valence-electron chi connectivity index (χ0n) is 10.9. The minimum atomic E-state index is -0.424. The molecule has 0 saturated carbocycles. The Kier molecular flexibility index (Phi) is 3.88. The number of aromatic nitrogens is 2. The Bertz CT molecular complexity index is 468. The fourth-order valence-electron chi connectivity index (χ4n) is 2.01. The maximum atomic E-state index is 11.1. The lowest BCUT2D eigenvalue weighted by molar-refractivity contribution is 0.167. The third kappa shape index (κ3) is 3.15. The van der Waals surface area contributed by atoms with Gasteiger partial charge in [-0.05, 0) is 6.42 Å². The van der Waals surface area contributed by atoms with Crippen LogP contribution >= 0.6 is 0 Å². The Morgan fingerprint density at radius 3 is 3.00 bits per heavy atom. The smallest absolute Gasteiger partial charge is 0.407 e. The monoisotopic (exact) mass is 267 g/mol. The standard InChI is InChI=1S/C11H17N5O3/c1-18-9-5-8(14-10(12)15-9)16-4-3-7(6-16)13-11(17)19-2/h5,7H,3-4,6H2,1-2H3,(H,13,17)(H2,12,14,15). The Hall–Kier alpha value is -2.25. The van der Waals surface area contributed by atoms with Gasteiger partial charge in [0, 0.05) is 19.2 Å². The Labute approximate surface area is 110 Å². The molecule has 3 N–H and O–H groups in total. The number of nitrogen functional groups attached to an aromatic ring is 1. The molecule has 0 radical (unpaired) electrons. The summed E-state index contributed by atoms with van der Waals surface area (Å²) in [7, 11) is 2.87. The Balaban J connectivity index is 2.04. The summed E-state index contributed by atoms with van der Waals surface area (Å²) in [6.45, 7) is 1.42. The zero-order valence-corrected chi connectivity index (χ0v) is 10.9. The fraction of sp³-hybridized carbons (Fsp3) is 0.545. The van der Waals surface area contributed by atoms with Crippen LogP contribution in [0, 0.1) is 0 Å². The summed E-state index contributed by atoms with van der Waals surface area (Å²) >= 11 is 0. The van der Waals surface area contributed by atoms with E-state index in [2.05, 4.69) is 20.0 Å². The fourth-order valence-corrected chi connectivity index (χ4v) is 2.01. The number of alkyl carbamates (subject to hydrolysis) is 1. The molecule has 2 rings (SSSR count). The molecular formula is C11H17N5O3. The highest BCUT2D eigenvalue weighted by Crippen LogP contribution is 2.22. The van der Waals surface area contributed by atoms with Gasteiger partial charge in [0.15, 0.2) is 0 Å². The van der Waals surface area contributed by atoms with Gasteiger partial charge in [-0.2, -0.15) is 9.97 Å². The molecule has 1 atom stereocenters. The summed E-state index contributed by atoms with van der Waals surface area (Å²) in [5.41, 5.74) is 5.62. The van der Waals surface area contributed by atoms with Gasteiger partial charge in [0.1, 0.15) is 5.82 Å². The molecule has 8 nitrogen and oxygen atoms in total. The quantitative estimate of drug-likeness (QED) is 0.794. The average Bonchev–Trinajstić information content (AvgIpc) is 2.86. The number of carbonyl (C=O) groups excluding carboxylic acids is 1. The predicted molar refractivity (Wildman–Crippen MR) is 69.2 cm³/mol. The molecule has 0 aromatic carbocycles. The van der Waals surface area contributed by atoms with Gasteiger partial charge in [0.25, 0.3) is 0 Å². The van der Waals surface area contributed by atoms with E-state index >= 15 is 0 Å². The van der Waals surface area contributed by atoms with E-state index in [1.54, 1.807) is 6.07 Å². The van der Waals surface area contributed by atoms with Gasteiger partial charge in [-0.15, -0.1) is 0 Å². The SMILES string of the molecule is COC(=O)NC1CCN(c2cc(OC)nc(N)n2)C1. The lowest BCUT2D eigenvalue weighted by Gasteiger charge is -2.18. The normalized spacial score (nSPS) is 18.2. The number of nitrogens with zero attached hydrogens (tertiary/aromatic N) is 3. The summed E-state index contributed by atoms with van der Waals surface area (Å²) < 4.78 is 9.63. The van der Waals surface area contributed by atoms with Crippen LogP contribution in [0.4, 0.5) is 16.6 Å². The van der Waals surface area contributed by atoms with E-state index in [9.17, 15) is 4.79 Å². The first-order chi connectivity index (χ1) is 9.12. The van der Waals surface area contributed by atoms with Crippen LogP contribution in [0.15, 0.2) is 6.07 Å². The number of nitrogens with one attached hydrogen (secondary N) is 1. The minimum Gasteiger partial charge on any atom is -0.481 e. The topological polar surface area (TPSA) is 103 Å². The van der Waals surface area contributed by atoms with E-state index in [-0.39, 0.29) is 12.0 Å². The van der Waals surface area contributed by atoms with Crippen molar-refractivity contribution in [2.45, 2.75) is 12.5 Å². The maximum absolute atomic E-state index is 11.1. The van der Waals surface area contributed by atoms with Gasteiger partial charge in [-0.1, -0.05) is 0 Å². The first-order valence-corrected chi connectivity index (χ1v) is 5.90. The number of amides is 1. The van der Waals surface area contributed by atoms with Gasteiger partial charge in [-0.3, -0.25) is 0 Å². The summed E-state index contributed by atoms with van der Waals surface area (Å²) in [5.74, 6) is 1.28. The van der Waals surface area contributed by atoms with Crippen molar-refractivity contribution in [3.8, 4) is 5.88 Å². The van der Waals surface area contributed by atoms with Crippen molar-refractivity contribution >= 4 is 17.9 Å². The van der Waals surface area contributed by atoms with Crippen molar-refractivity contribution in [1.82, 2.24) is 15.3 Å². The van der Waals surface area contributed by atoms with Crippen LogP contribution in [-0.4, -0.2) is 49.4 Å². The number of anilines is 2. The second kappa shape index (κ2) is 5.59. The van der Waals surface area contributed by atoms with Crippen LogP contribution in [0.5, 0.6) is 5.88 Å². The number of hydrogen-bond donors (Lipinski definition) is 2. The van der Waals surface area contributed by atoms with Crippen LogP contribution in [0.25, 0.3) is 0 Å². The van der Waals surface area contributed by atoms with E-state index < -0.39 is 6.09 Å². The largest absolute Gasteiger partial charge is 0.481 e. The molecule has 0 aliphatic carbocycles. The molecule has 1 aromatic heterocycles. The van der Waals surface area contributed by atoms with E-state index in [1.807, 2.05) is 4.90 Å². The molecule has 2 heterocycles. The number of rotatable bonds is 3. The lowest BCUT2D eigenvalue weighted by atomic mass is 10.3. The van der Waals surface area contributed by atoms with E-state index in [4.69, 9.17) is 10.5 Å². The van der Waals surface area contributed by atoms with E-state index in [1.165, 1.54) is 14.2 Å². The van der Waals surface area contributed by atoms with Crippen LogP contribution in [-0.2, 0) is 4.74 Å². The lowest BCUT2D eigenvalue weighted by Crippen LogP contribution is -2.37. The third-order valence-electron chi connectivity index (χ3n) is 2.94. The molecule has 1 unspecified atom stereocenters. The van der Waals surface area contributed by atoms with E-state index in [0.717, 1.165) is 13.0 Å². The Morgan fingerprint density at radius 2 is 2.32 bits per heavy atom. The number of ether oxygens (including phenoxy) is 2. The van der Waals surface area contributed by atoms with Gasteiger partial charge in [0.05, 0.1) is 20.3 Å². The predicted octanol–water partition coefficient (Wildman–Crippen LogP) is 0.00210. The highest BCUT2D eigenvalue weighted by molar-refractivity contribution is 5.67. The number of nitrogens with two attached hydrogens (primary N) is 1. The molecule has 1 fully saturated rings. The number of hydrogen-bond acceptors (Lipinski definition) is 7. The van der Waals surface area contributed by atoms with Gasteiger partial charge >= 0.3 is 6.09 Å². The number of carbonyl (C=O) groups is 1. The molecule has 1 saturated heterocycles. The second-order valence-electron chi connectivity index (χ2n) is 4.19. The highest BCUT2D eigenvalue weighted by Gasteiger charge is 2.25.